The average Bonchev–Trinajstić information content (AvgIpc) is 2.23. The molecule has 2 rings (SSSR count). The first-order valence-corrected chi connectivity index (χ1v) is 8.57. The highest BCUT2D eigenvalue weighted by Gasteiger charge is 2.45. The van der Waals surface area contributed by atoms with E-state index in [1.54, 1.807) is 0 Å². The maximum absolute atomic E-state index is 3.76. The Morgan fingerprint density at radius 2 is 1.63 bits per heavy atom. The fourth-order valence-electron chi connectivity index (χ4n) is 4.22. The molecule has 2 saturated carbocycles. The van der Waals surface area contributed by atoms with E-state index in [1.807, 2.05) is 0 Å². The van der Waals surface area contributed by atoms with E-state index in [4.69, 9.17) is 0 Å². The van der Waals surface area contributed by atoms with Crippen molar-refractivity contribution in [2.75, 3.05) is 6.54 Å². The highest BCUT2D eigenvalue weighted by Crippen LogP contribution is 2.53. The van der Waals surface area contributed by atoms with Crippen LogP contribution in [0.5, 0.6) is 0 Å². The van der Waals surface area contributed by atoms with Crippen LogP contribution < -0.4 is 5.32 Å². The summed E-state index contributed by atoms with van der Waals surface area (Å²) in [4.78, 5) is 0. The van der Waals surface area contributed by atoms with Crippen LogP contribution in [-0.2, 0) is 0 Å². The number of hydrogen-bond donors (Lipinski definition) is 1. The van der Waals surface area contributed by atoms with Crippen molar-refractivity contribution in [3.63, 3.8) is 0 Å². The first-order chi connectivity index (χ1) is 8.83. The highest BCUT2D eigenvalue weighted by atomic mass is 14.9. The number of rotatable bonds is 4. The van der Waals surface area contributed by atoms with Gasteiger partial charge in [0.05, 0.1) is 0 Å². The van der Waals surface area contributed by atoms with Crippen LogP contribution in [0.4, 0.5) is 0 Å². The molecule has 2 fully saturated rings. The van der Waals surface area contributed by atoms with Gasteiger partial charge in [0.1, 0.15) is 0 Å². The summed E-state index contributed by atoms with van der Waals surface area (Å²) in [5.74, 6) is 1.97. The van der Waals surface area contributed by atoms with Crippen LogP contribution in [0.3, 0.4) is 0 Å². The van der Waals surface area contributed by atoms with Gasteiger partial charge in [-0.25, -0.2) is 0 Å². The maximum Gasteiger partial charge on any atom is 0.00128 e. The Labute approximate surface area is 120 Å². The first kappa shape index (κ1) is 15.4. The topological polar surface area (TPSA) is 12.0 Å². The Hall–Kier alpha value is -0.0400. The average molecular weight is 265 g/mol. The highest BCUT2D eigenvalue weighted by molar-refractivity contribution is 4.97. The Morgan fingerprint density at radius 3 is 2.00 bits per heavy atom. The van der Waals surface area contributed by atoms with Crippen molar-refractivity contribution in [2.24, 2.45) is 22.7 Å². The third-order valence-electron chi connectivity index (χ3n) is 6.04. The molecular formula is C18H35N. The molecule has 1 heteroatoms. The molecule has 0 spiro atoms. The second kappa shape index (κ2) is 5.76. The summed E-state index contributed by atoms with van der Waals surface area (Å²) in [5.41, 5.74) is 1.15. The molecule has 1 nitrogen and oxygen atoms in total. The zero-order chi connectivity index (χ0) is 14.1. The van der Waals surface area contributed by atoms with Crippen molar-refractivity contribution in [3.05, 3.63) is 0 Å². The molecule has 0 saturated heterocycles. The van der Waals surface area contributed by atoms with Crippen LogP contribution in [0.15, 0.2) is 0 Å². The van der Waals surface area contributed by atoms with Crippen LogP contribution in [-0.4, -0.2) is 12.6 Å². The molecule has 0 aromatic rings. The molecule has 0 aliphatic heterocycles. The number of nitrogens with one attached hydrogen (secondary N) is 1. The minimum atomic E-state index is 0.511. The SMILES string of the molecule is CC(C)NCC1(C2CCC2)CCC(C(C)(C)C)CC1. The molecule has 0 unspecified atom stereocenters. The predicted octanol–water partition coefficient (Wildman–Crippen LogP) is 5.01. The summed E-state index contributed by atoms with van der Waals surface area (Å²) in [7, 11) is 0. The van der Waals surface area contributed by atoms with Crippen LogP contribution in [0.1, 0.15) is 79.6 Å². The summed E-state index contributed by atoms with van der Waals surface area (Å²) in [5, 5.41) is 3.76. The summed E-state index contributed by atoms with van der Waals surface area (Å²) in [6, 6.07) is 0.636. The van der Waals surface area contributed by atoms with Gasteiger partial charge in [0.15, 0.2) is 0 Å². The van der Waals surface area contributed by atoms with Crippen molar-refractivity contribution >= 4 is 0 Å². The van der Waals surface area contributed by atoms with Gasteiger partial charge in [0, 0.05) is 12.6 Å². The molecule has 112 valence electrons. The quantitative estimate of drug-likeness (QED) is 0.753. The molecule has 1 N–H and O–H groups in total. The van der Waals surface area contributed by atoms with Crippen molar-refractivity contribution in [1.29, 1.82) is 0 Å². The second-order valence-electron chi connectivity index (χ2n) is 8.67. The van der Waals surface area contributed by atoms with E-state index in [2.05, 4.69) is 39.9 Å². The molecule has 0 radical (unpaired) electrons. The van der Waals surface area contributed by atoms with Gasteiger partial charge in [0.25, 0.3) is 0 Å². The summed E-state index contributed by atoms with van der Waals surface area (Å²) >= 11 is 0. The Morgan fingerprint density at radius 1 is 1.05 bits per heavy atom. The van der Waals surface area contributed by atoms with E-state index >= 15 is 0 Å². The summed E-state index contributed by atoms with van der Waals surface area (Å²) in [6.07, 6.45) is 10.3. The van der Waals surface area contributed by atoms with Crippen LogP contribution in [0, 0.1) is 22.7 Å². The van der Waals surface area contributed by atoms with Crippen LogP contribution in [0.25, 0.3) is 0 Å². The summed E-state index contributed by atoms with van der Waals surface area (Å²) in [6.45, 7) is 13.1. The molecule has 0 aromatic heterocycles. The Balaban J connectivity index is 1.97. The molecule has 0 heterocycles. The summed E-state index contributed by atoms with van der Waals surface area (Å²) < 4.78 is 0. The maximum atomic E-state index is 3.76. The fraction of sp³-hybridized carbons (Fsp3) is 1.00. The predicted molar refractivity (Wildman–Crippen MR) is 84.3 cm³/mol. The molecule has 2 aliphatic carbocycles. The minimum absolute atomic E-state index is 0.511. The van der Waals surface area contributed by atoms with Gasteiger partial charge >= 0.3 is 0 Å². The molecule has 0 atom stereocenters. The lowest BCUT2D eigenvalue weighted by molar-refractivity contribution is 0.00338. The third kappa shape index (κ3) is 3.54. The van der Waals surface area contributed by atoms with Crippen molar-refractivity contribution in [3.8, 4) is 0 Å². The standard InChI is InChI=1S/C18H35N/c1-14(2)19-13-18(16-7-6-8-16)11-9-15(10-12-18)17(3,4)5/h14-16,19H,6-13H2,1-5H3. The smallest absolute Gasteiger partial charge is 0.00128 e. The zero-order valence-electron chi connectivity index (χ0n) is 13.9. The van der Waals surface area contributed by atoms with Gasteiger partial charge in [-0.1, -0.05) is 41.0 Å². The van der Waals surface area contributed by atoms with E-state index in [-0.39, 0.29) is 0 Å². The molecule has 0 amide bonds. The normalized spacial score (nSPS) is 33.5. The van der Waals surface area contributed by atoms with Crippen molar-refractivity contribution in [2.45, 2.75) is 85.6 Å². The van der Waals surface area contributed by atoms with E-state index < -0.39 is 0 Å². The van der Waals surface area contributed by atoms with E-state index in [9.17, 15) is 0 Å². The molecule has 19 heavy (non-hydrogen) atoms. The van der Waals surface area contributed by atoms with Crippen molar-refractivity contribution in [1.82, 2.24) is 5.32 Å². The zero-order valence-corrected chi connectivity index (χ0v) is 13.9. The number of hydrogen-bond acceptors (Lipinski definition) is 1. The lowest BCUT2D eigenvalue weighted by atomic mass is 9.55. The largest absolute Gasteiger partial charge is 0.314 e. The van der Waals surface area contributed by atoms with Crippen LogP contribution >= 0.6 is 0 Å². The lowest BCUT2D eigenvalue weighted by Gasteiger charge is -2.51. The molecular weight excluding hydrogens is 230 g/mol. The van der Waals surface area contributed by atoms with Gasteiger partial charge in [0.2, 0.25) is 0 Å². The minimum Gasteiger partial charge on any atom is -0.314 e. The van der Waals surface area contributed by atoms with E-state index in [0.29, 0.717) is 16.9 Å². The van der Waals surface area contributed by atoms with E-state index in [1.165, 1.54) is 51.5 Å². The first-order valence-electron chi connectivity index (χ1n) is 8.57. The van der Waals surface area contributed by atoms with Gasteiger partial charge in [-0.3, -0.25) is 0 Å². The van der Waals surface area contributed by atoms with Gasteiger partial charge in [-0.15, -0.1) is 0 Å². The molecule has 0 bridgehead atoms. The Bertz CT molecular complexity index is 275. The van der Waals surface area contributed by atoms with E-state index in [0.717, 1.165) is 11.8 Å². The third-order valence-corrected chi connectivity index (χ3v) is 6.04. The fourth-order valence-corrected chi connectivity index (χ4v) is 4.22. The van der Waals surface area contributed by atoms with Gasteiger partial charge < -0.3 is 5.32 Å². The van der Waals surface area contributed by atoms with Crippen LogP contribution in [0.2, 0.25) is 0 Å². The monoisotopic (exact) mass is 265 g/mol. The van der Waals surface area contributed by atoms with Gasteiger partial charge in [-0.2, -0.15) is 0 Å². The Kier molecular flexibility index (Phi) is 4.65. The second-order valence-corrected chi connectivity index (χ2v) is 8.67. The molecule has 0 aromatic carbocycles. The van der Waals surface area contributed by atoms with Gasteiger partial charge in [-0.05, 0) is 61.2 Å². The van der Waals surface area contributed by atoms with Crippen molar-refractivity contribution < 1.29 is 0 Å². The molecule has 2 aliphatic rings. The lowest BCUT2D eigenvalue weighted by Crippen LogP contribution is -2.48.